The van der Waals surface area contributed by atoms with Gasteiger partial charge < -0.3 is 10.0 Å². The van der Waals surface area contributed by atoms with Crippen LogP contribution in [0.15, 0.2) is 60.7 Å². The third kappa shape index (κ3) is 3.81. The third-order valence-electron chi connectivity index (χ3n) is 4.60. The largest absolute Gasteiger partial charge is 0.375 e. The lowest BCUT2D eigenvalue weighted by Gasteiger charge is -2.22. The molecule has 0 bridgehead atoms. The first kappa shape index (κ1) is 18.6. The van der Waals surface area contributed by atoms with E-state index in [-0.39, 0.29) is 12.2 Å². The molecule has 0 spiro atoms. The lowest BCUT2D eigenvalue weighted by Crippen LogP contribution is -2.42. The van der Waals surface area contributed by atoms with Gasteiger partial charge in [0.15, 0.2) is 11.4 Å². The number of unbranched alkanes of at least 4 members (excludes halogenated alkanes) is 1. The second-order valence-electron chi connectivity index (χ2n) is 6.48. The number of carbonyl (C=O) groups excluding carboxylic acids is 2. The Morgan fingerprint density at radius 1 is 1.15 bits per heavy atom. The van der Waals surface area contributed by atoms with Crippen molar-refractivity contribution in [2.75, 3.05) is 11.4 Å². The molecule has 0 saturated heterocycles. The second kappa shape index (κ2) is 7.98. The van der Waals surface area contributed by atoms with Crippen molar-refractivity contribution in [1.29, 1.82) is 5.26 Å². The number of amides is 1. The maximum atomic E-state index is 12.9. The van der Waals surface area contributed by atoms with Crippen molar-refractivity contribution < 1.29 is 14.7 Å². The average molecular weight is 360 g/mol. The van der Waals surface area contributed by atoms with Crippen molar-refractivity contribution in [2.45, 2.75) is 24.9 Å². The minimum Gasteiger partial charge on any atom is -0.375 e. The van der Waals surface area contributed by atoms with E-state index in [0.29, 0.717) is 30.6 Å². The van der Waals surface area contributed by atoms with Crippen LogP contribution in [0.2, 0.25) is 0 Å². The minimum atomic E-state index is -1.87. The van der Waals surface area contributed by atoms with Gasteiger partial charge in [-0.15, -0.1) is 0 Å². The summed E-state index contributed by atoms with van der Waals surface area (Å²) in [6, 6.07) is 18.4. The van der Waals surface area contributed by atoms with Gasteiger partial charge in [-0.3, -0.25) is 9.59 Å². The Morgan fingerprint density at radius 2 is 1.85 bits per heavy atom. The maximum Gasteiger partial charge on any atom is 0.264 e. The molecule has 0 aliphatic carbocycles. The van der Waals surface area contributed by atoms with E-state index in [1.165, 1.54) is 11.0 Å². The van der Waals surface area contributed by atoms with Crippen molar-refractivity contribution >= 4 is 23.5 Å². The van der Waals surface area contributed by atoms with Crippen LogP contribution >= 0.6 is 0 Å². The number of carbonyl (C=O) groups is 2. The predicted molar refractivity (Wildman–Crippen MR) is 103 cm³/mol. The lowest BCUT2D eigenvalue weighted by molar-refractivity contribution is -0.140. The number of aliphatic hydroxyl groups is 1. The molecule has 1 N–H and O–H groups in total. The molecule has 1 amide bonds. The van der Waals surface area contributed by atoms with Gasteiger partial charge in [0.25, 0.3) is 5.91 Å². The molecule has 0 unspecified atom stereocenters. The smallest absolute Gasteiger partial charge is 0.264 e. The molecule has 1 heterocycles. The second-order valence-corrected chi connectivity index (χ2v) is 6.48. The van der Waals surface area contributed by atoms with E-state index in [4.69, 9.17) is 5.26 Å². The van der Waals surface area contributed by atoms with Gasteiger partial charge in [-0.2, -0.15) is 5.26 Å². The summed E-state index contributed by atoms with van der Waals surface area (Å²) in [7, 11) is 0. The van der Waals surface area contributed by atoms with E-state index < -0.39 is 11.5 Å². The summed E-state index contributed by atoms with van der Waals surface area (Å²) in [6.07, 6.45) is 3.57. The summed E-state index contributed by atoms with van der Waals surface area (Å²) < 4.78 is 0. The number of allylic oxidation sites excluding steroid dienone is 1. The van der Waals surface area contributed by atoms with E-state index in [1.807, 2.05) is 30.3 Å². The van der Waals surface area contributed by atoms with Gasteiger partial charge in [-0.25, -0.2) is 0 Å². The number of hydrogen-bond acceptors (Lipinski definition) is 4. The van der Waals surface area contributed by atoms with Gasteiger partial charge in [0, 0.05) is 18.5 Å². The zero-order valence-electron chi connectivity index (χ0n) is 14.8. The fourth-order valence-corrected chi connectivity index (χ4v) is 3.28. The fourth-order valence-electron chi connectivity index (χ4n) is 3.28. The van der Waals surface area contributed by atoms with E-state index in [9.17, 15) is 14.7 Å². The van der Waals surface area contributed by atoms with Gasteiger partial charge in [0.05, 0.1) is 18.2 Å². The highest BCUT2D eigenvalue weighted by Gasteiger charge is 2.50. The Kier molecular flexibility index (Phi) is 5.49. The van der Waals surface area contributed by atoms with Gasteiger partial charge >= 0.3 is 0 Å². The molecule has 0 radical (unpaired) electrons. The molecular formula is C22H20N2O3. The summed E-state index contributed by atoms with van der Waals surface area (Å²) in [5, 5.41) is 19.8. The lowest BCUT2D eigenvalue weighted by atomic mass is 9.89. The molecule has 0 fully saturated rings. The minimum absolute atomic E-state index is 0.319. The van der Waals surface area contributed by atoms with Crippen LogP contribution in [-0.4, -0.2) is 23.3 Å². The highest BCUT2D eigenvalue weighted by molar-refractivity contribution is 6.10. The topological polar surface area (TPSA) is 81.4 Å². The standard InChI is InChI=1S/C22H20N2O3/c23-14-6-7-15-24-20-11-5-4-10-19(20)22(27,21(24)26)16-18(25)13-12-17-8-2-1-3-9-17/h1-5,8-13,27H,6-7,15-16H2/b13-12-/t22-/m0/s1. The molecule has 1 aliphatic heterocycles. The van der Waals surface area contributed by atoms with Crippen LogP contribution in [0, 0.1) is 11.3 Å². The Balaban J connectivity index is 1.81. The number of rotatable bonds is 7. The molecule has 2 aromatic rings. The van der Waals surface area contributed by atoms with Crippen LogP contribution in [0.5, 0.6) is 0 Å². The summed E-state index contributed by atoms with van der Waals surface area (Å²) >= 11 is 0. The zero-order valence-corrected chi connectivity index (χ0v) is 14.8. The number of para-hydroxylation sites is 1. The van der Waals surface area contributed by atoms with Crippen LogP contribution in [0.25, 0.3) is 6.08 Å². The SMILES string of the molecule is N#CCCCN1C(=O)[C@](O)(CC(=O)/C=C\c2ccccc2)c2ccccc21. The number of fused-ring (bicyclic) bond motifs is 1. The van der Waals surface area contributed by atoms with Gasteiger partial charge in [0.2, 0.25) is 0 Å². The first-order valence-corrected chi connectivity index (χ1v) is 8.83. The van der Waals surface area contributed by atoms with Crippen LogP contribution in [0.3, 0.4) is 0 Å². The molecule has 2 aromatic carbocycles. The molecule has 5 heteroatoms. The van der Waals surface area contributed by atoms with Gasteiger partial charge in [-0.05, 0) is 24.1 Å². The van der Waals surface area contributed by atoms with Gasteiger partial charge in [0.1, 0.15) is 0 Å². The summed E-state index contributed by atoms with van der Waals surface area (Å²) in [4.78, 5) is 26.8. The summed E-state index contributed by atoms with van der Waals surface area (Å²) in [6.45, 7) is 0.333. The monoisotopic (exact) mass is 360 g/mol. The van der Waals surface area contributed by atoms with E-state index in [0.717, 1.165) is 5.56 Å². The summed E-state index contributed by atoms with van der Waals surface area (Å²) in [5.41, 5.74) is 0.0340. The zero-order chi connectivity index (χ0) is 19.3. The first-order valence-electron chi connectivity index (χ1n) is 8.83. The fraction of sp³-hybridized carbons (Fsp3) is 0.227. The normalized spacial score (nSPS) is 18.5. The third-order valence-corrected chi connectivity index (χ3v) is 4.60. The van der Waals surface area contributed by atoms with Crippen molar-refractivity contribution in [1.82, 2.24) is 0 Å². The molecule has 1 atom stereocenters. The number of hydrogen-bond donors (Lipinski definition) is 1. The highest BCUT2D eigenvalue weighted by Crippen LogP contribution is 2.42. The van der Waals surface area contributed by atoms with Crippen LogP contribution < -0.4 is 4.90 Å². The first-order chi connectivity index (χ1) is 13.1. The molecule has 3 rings (SSSR count). The number of nitrogens with zero attached hydrogens (tertiary/aromatic N) is 2. The molecule has 136 valence electrons. The molecular weight excluding hydrogens is 340 g/mol. The van der Waals surface area contributed by atoms with E-state index in [2.05, 4.69) is 6.07 Å². The Bertz CT molecular complexity index is 915. The molecule has 1 aliphatic rings. The van der Waals surface area contributed by atoms with Crippen LogP contribution in [0.1, 0.15) is 30.4 Å². The van der Waals surface area contributed by atoms with Crippen molar-refractivity contribution in [3.63, 3.8) is 0 Å². The molecule has 27 heavy (non-hydrogen) atoms. The Morgan fingerprint density at radius 3 is 2.59 bits per heavy atom. The maximum absolute atomic E-state index is 12.9. The van der Waals surface area contributed by atoms with E-state index in [1.54, 1.807) is 30.3 Å². The quantitative estimate of drug-likeness (QED) is 0.607. The van der Waals surface area contributed by atoms with Crippen LogP contribution in [0.4, 0.5) is 5.69 Å². The van der Waals surface area contributed by atoms with Crippen LogP contribution in [-0.2, 0) is 15.2 Å². The predicted octanol–water partition coefficient (Wildman–Crippen LogP) is 3.20. The van der Waals surface area contributed by atoms with Crippen molar-refractivity contribution in [2.24, 2.45) is 0 Å². The molecule has 0 aromatic heterocycles. The number of nitriles is 1. The number of benzene rings is 2. The van der Waals surface area contributed by atoms with Crippen molar-refractivity contribution in [3.05, 3.63) is 71.8 Å². The Labute approximate surface area is 158 Å². The number of anilines is 1. The van der Waals surface area contributed by atoms with Crippen molar-refractivity contribution in [3.8, 4) is 6.07 Å². The molecule has 5 nitrogen and oxygen atoms in total. The Hall–Kier alpha value is -3.23. The molecule has 0 saturated carbocycles. The average Bonchev–Trinajstić information content (AvgIpc) is 2.89. The number of ketones is 1. The summed E-state index contributed by atoms with van der Waals surface area (Å²) in [5.74, 6) is -0.841. The van der Waals surface area contributed by atoms with E-state index >= 15 is 0 Å². The highest BCUT2D eigenvalue weighted by atomic mass is 16.3. The van der Waals surface area contributed by atoms with Gasteiger partial charge in [-0.1, -0.05) is 54.6 Å².